The van der Waals surface area contributed by atoms with E-state index in [0.29, 0.717) is 16.9 Å². The summed E-state index contributed by atoms with van der Waals surface area (Å²) >= 11 is 0. The van der Waals surface area contributed by atoms with Crippen LogP contribution in [0, 0.1) is 0 Å². The average Bonchev–Trinajstić information content (AvgIpc) is 3.24. The molecule has 0 aliphatic carbocycles. The maximum Gasteiger partial charge on any atom is 0.273 e. The van der Waals surface area contributed by atoms with Crippen LogP contribution in [0.2, 0.25) is 0 Å². The molecule has 0 radical (unpaired) electrons. The molecule has 9 heteroatoms. The number of aryl methyl sites for hydroxylation is 1. The van der Waals surface area contributed by atoms with Crippen LogP contribution in [0.3, 0.4) is 0 Å². The van der Waals surface area contributed by atoms with Gasteiger partial charge in [-0.2, -0.15) is 5.10 Å². The van der Waals surface area contributed by atoms with E-state index < -0.39 is 10.0 Å². The van der Waals surface area contributed by atoms with Gasteiger partial charge in [0, 0.05) is 25.3 Å². The van der Waals surface area contributed by atoms with Gasteiger partial charge < -0.3 is 10.1 Å². The predicted molar refractivity (Wildman–Crippen MR) is 115 cm³/mol. The topological polar surface area (TPSA) is 104 Å². The molecular formula is C21H24N4O4S. The number of hydrogen-bond acceptors (Lipinski definition) is 5. The van der Waals surface area contributed by atoms with E-state index in [1.54, 1.807) is 18.2 Å². The summed E-state index contributed by atoms with van der Waals surface area (Å²) in [4.78, 5) is 12.5. The van der Waals surface area contributed by atoms with E-state index in [1.165, 1.54) is 32.8 Å². The summed E-state index contributed by atoms with van der Waals surface area (Å²) in [7, 11) is 0.595. The summed E-state index contributed by atoms with van der Waals surface area (Å²) in [6, 6.07) is 13.9. The molecule has 0 saturated heterocycles. The molecule has 0 bridgehead atoms. The monoisotopic (exact) mass is 428 g/mol. The van der Waals surface area contributed by atoms with Gasteiger partial charge >= 0.3 is 0 Å². The molecule has 0 atom stereocenters. The molecule has 0 unspecified atom stereocenters. The zero-order valence-corrected chi connectivity index (χ0v) is 18.1. The van der Waals surface area contributed by atoms with E-state index in [4.69, 9.17) is 4.74 Å². The number of nitrogens with one attached hydrogen (secondary N) is 2. The summed E-state index contributed by atoms with van der Waals surface area (Å²) < 4.78 is 31.5. The molecule has 0 spiro atoms. The SMILES string of the molecule is CCc1ccc(NC(=O)c2cc(-c3ccc(OC)c(S(=O)(=O)N(C)C)c3)n[nH]2)cc1. The zero-order valence-electron chi connectivity index (χ0n) is 17.3. The zero-order chi connectivity index (χ0) is 21.9. The van der Waals surface area contributed by atoms with Crippen molar-refractivity contribution in [1.29, 1.82) is 0 Å². The van der Waals surface area contributed by atoms with E-state index >= 15 is 0 Å². The van der Waals surface area contributed by atoms with E-state index in [2.05, 4.69) is 22.4 Å². The van der Waals surface area contributed by atoms with Crippen molar-refractivity contribution in [3.63, 3.8) is 0 Å². The number of carbonyl (C=O) groups excluding carboxylic acids is 1. The van der Waals surface area contributed by atoms with Gasteiger partial charge in [-0.25, -0.2) is 12.7 Å². The van der Waals surface area contributed by atoms with Gasteiger partial charge in [-0.1, -0.05) is 19.1 Å². The van der Waals surface area contributed by atoms with Crippen LogP contribution in [0.5, 0.6) is 5.75 Å². The largest absolute Gasteiger partial charge is 0.495 e. The van der Waals surface area contributed by atoms with E-state index in [-0.39, 0.29) is 22.2 Å². The Morgan fingerprint density at radius 1 is 1.13 bits per heavy atom. The highest BCUT2D eigenvalue weighted by molar-refractivity contribution is 7.89. The third-order valence-corrected chi connectivity index (χ3v) is 6.50. The lowest BCUT2D eigenvalue weighted by molar-refractivity contribution is 0.102. The Morgan fingerprint density at radius 3 is 2.43 bits per heavy atom. The van der Waals surface area contributed by atoms with Crippen LogP contribution >= 0.6 is 0 Å². The van der Waals surface area contributed by atoms with E-state index in [1.807, 2.05) is 24.3 Å². The Morgan fingerprint density at radius 2 is 1.83 bits per heavy atom. The molecule has 1 amide bonds. The summed E-state index contributed by atoms with van der Waals surface area (Å²) in [6.07, 6.45) is 0.922. The minimum Gasteiger partial charge on any atom is -0.495 e. The van der Waals surface area contributed by atoms with Crippen LogP contribution in [0.25, 0.3) is 11.3 Å². The molecule has 0 saturated carbocycles. The van der Waals surface area contributed by atoms with Crippen LogP contribution < -0.4 is 10.1 Å². The van der Waals surface area contributed by atoms with Gasteiger partial charge in [0.25, 0.3) is 5.91 Å². The first kappa shape index (κ1) is 21.5. The Balaban J connectivity index is 1.87. The third kappa shape index (κ3) is 4.37. The highest BCUT2D eigenvalue weighted by atomic mass is 32.2. The molecule has 30 heavy (non-hydrogen) atoms. The lowest BCUT2D eigenvalue weighted by atomic mass is 10.1. The minimum atomic E-state index is -3.72. The molecule has 0 fully saturated rings. The van der Waals surface area contributed by atoms with Crippen molar-refractivity contribution in [1.82, 2.24) is 14.5 Å². The number of aromatic nitrogens is 2. The molecule has 1 aromatic heterocycles. The molecule has 3 rings (SSSR count). The number of methoxy groups -OCH3 is 1. The van der Waals surface area contributed by atoms with Gasteiger partial charge in [0.05, 0.1) is 12.8 Å². The first-order chi connectivity index (χ1) is 14.3. The van der Waals surface area contributed by atoms with Gasteiger partial charge in [0.15, 0.2) is 0 Å². The fourth-order valence-corrected chi connectivity index (χ4v) is 3.92. The minimum absolute atomic E-state index is 0.0255. The lowest BCUT2D eigenvalue weighted by Crippen LogP contribution is -2.22. The molecule has 2 aromatic carbocycles. The summed E-state index contributed by atoms with van der Waals surface area (Å²) in [5.41, 5.74) is 3.10. The Hall–Kier alpha value is -3.17. The number of amides is 1. The van der Waals surface area contributed by atoms with Crippen LogP contribution in [0.15, 0.2) is 53.4 Å². The highest BCUT2D eigenvalue weighted by Gasteiger charge is 2.23. The second-order valence-corrected chi connectivity index (χ2v) is 8.94. The number of H-pyrrole nitrogens is 1. The third-order valence-electron chi connectivity index (χ3n) is 4.66. The van der Waals surface area contributed by atoms with Crippen molar-refractivity contribution >= 4 is 21.6 Å². The van der Waals surface area contributed by atoms with Crippen LogP contribution in [-0.2, 0) is 16.4 Å². The molecule has 0 aliphatic rings. The van der Waals surface area contributed by atoms with E-state index in [0.717, 1.165) is 10.7 Å². The first-order valence-electron chi connectivity index (χ1n) is 9.33. The molecular weight excluding hydrogens is 404 g/mol. The van der Waals surface area contributed by atoms with Crippen molar-refractivity contribution in [3.05, 3.63) is 59.8 Å². The van der Waals surface area contributed by atoms with Gasteiger partial charge in [-0.05, 0) is 48.4 Å². The number of aromatic amines is 1. The number of ether oxygens (including phenoxy) is 1. The molecule has 2 N–H and O–H groups in total. The van der Waals surface area contributed by atoms with Gasteiger partial charge in [0.2, 0.25) is 10.0 Å². The molecule has 158 valence electrons. The summed E-state index contributed by atoms with van der Waals surface area (Å²) in [5.74, 6) is -0.107. The lowest BCUT2D eigenvalue weighted by Gasteiger charge is -2.15. The van der Waals surface area contributed by atoms with Crippen molar-refractivity contribution in [3.8, 4) is 17.0 Å². The van der Waals surface area contributed by atoms with Gasteiger partial charge in [-0.3, -0.25) is 9.89 Å². The van der Waals surface area contributed by atoms with Gasteiger partial charge in [0.1, 0.15) is 16.3 Å². The Kier molecular flexibility index (Phi) is 6.23. The van der Waals surface area contributed by atoms with Crippen LogP contribution in [0.4, 0.5) is 5.69 Å². The number of sulfonamides is 1. The number of rotatable bonds is 7. The number of hydrogen-bond donors (Lipinski definition) is 2. The molecule has 8 nitrogen and oxygen atoms in total. The number of nitrogens with zero attached hydrogens (tertiary/aromatic N) is 2. The smallest absolute Gasteiger partial charge is 0.273 e. The fourth-order valence-electron chi connectivity index (χ4n) is 2.84. The summed E-state index contributed by atoms with van der Waals surface area (Å²) in [5, 5.41) is 9.68. The maximum atomic E-state index is 12.6. The van der Waals surface area contributed by atoms with Crippen molar-refractivity contribution in [2.45, 2.75) is 18.2 Å². The first-order valence-corrected chi connectivity index (χ1v) is 10.8. The van der Waals surface area contributed by atoms with Gasteiger partial charge in [-0.15, -0.1) is 0 Å². The van der Waals surface area contributed by atoms with Crippen molar-refractivity contribution in [2.24, 2.45) is 0 Å². The number of benzene rings is 2. The quantitative estimate of drug-likeness (QED) is 0.602. The Labute approximate surface area is 175 Å². The molecule has 3 aromatic rings. The van der Waals surface area contributed by atoms with Crippen molar-refractivity contribution in [2.75, 3.05) is 26.5 Å². The second-order valence-electron chi connectivity index (χ2n) is 6.82. The second kappa shape index (κ2) is 8.68. The molecule has 1 heterocycles. The summed E-state index contributed by atoms with van der Waals surface area (Å²) in [6.45, 7) is 2.06. The number of carbonyl (C=O) groups is 1. The molecule has 0 aliphatic heterocycles. The predicted octanol–water partition coefficient (Wildman–Crippen LogP) is 3.15. The Bertz CT molecular complexity index is 1150. The number of anilines is 1. The van der Waals surface area contributed by atoms with Crippen LogP contribution in [0.1, 0.15) is 23.0 Å². The normalized spacial score (nSPS) is 11.5. The highest BCUT2D eigenvalue weighted by Crippen LogP contribution is 2.30. The van der Waals surface area contributed by atoms with Crippen LogP contribution in [-0.4, -0.2) is 50.0 Å². The maximum absolute atomic E-state index is 12.6. The van der Waals surface area contributed by atoms with E-state index in [9.17, 15) is 13.2 Å². The van der Waals surface area contributed by atoms with Crippen molar-refractivity contribution < 1.29 is 17.9 Å². The average molecular weight is 429 g/mol. The standard InChI is InChI=1S/C21H24N4O4S/c1-5-14-6-9-16(10-7-14)22-21(26)18-13-17(23-24-18)15-8-11-19(29-4)20(12-15)30(27,28)25(2)3/h6-13H,5H2,1-4H3,(H,22,26)(H,23,24). The fraction of sp³-hybridized carbons (Fsp3) is 0.238.